The average molecular weight is 286 g/mol. The van der Waals surface area contributed by atoms with Gasteiger partial charge in [-0.25, -0.2) is 0 Å². The highest BCUT2D eigenvalue weighted by Crippen LogP contribution is 2.28. The first-order valence-electron chi connectivity index (χ1n) is 6.61. The second-order valence-electron chi connectivity index (χ2n) is 5.02. The lowest BCUT2D eigenvalue weighted by Crippen LogP contribution is -2.16. The van der Waals surface area contributed by atoms with Gasteiger partial charge < -0.3 is 14.0 Å². The molecule has 6 nitrogen and oxygen atoms in total. The van der Waals surface area contributed by atoms with E-state index in [4.69, 9.17) is 14.0 Å². The van der Waals surface area contributed by atoms with Crippen molar-refractivity contribution in [2.24, 2.45) is 5.92 Å². The van der Waals surface area contributed by atoms with Crippen LogP contribution in [0.2, 0.25) is 0 Å². The number of hydrogen-bond donors (Lipinski definition) is 1. The van der Waals surface area contributed by atoms with Crippen molar-refractivity contribution in [3.05, 3.63) is 36.2 Å². The molecule has 108 valence electrons. The number of carbonyl (C=O) groups is 1. The molecule has 6 heteroatoms. The van der Waals surface area contributed by atoms with Gasteiger partial charge in [0, 0.05) is 11.3 Å². The Bertz CT molecular complexity index is 757. The molecule has 0 aliphatic heterocycles. The van der Waals surface area contributed by atoms with Crippen LogP contribution in [0.3, 0.4) is 0 Å². The highest BCUT2D eigenvalue weighted by molar-refractivity contribution is 5.81. The Morgan fingerprint density at radius 1 is 1.29 bits per heavy atom. The molecular weight excluding hydrogens is 272 g/mol. The summed E-state index contributed by atoms with van der Waals surface area (Å²) >= 11 is 0. The number of aliphatic carboxylic acids is 1. The third-order valence-corrected chi connectivity index (χ3v) is 3.62. The van der Waals surface area contributed by atoms with Crippen LogP contribution in [-0.4, -0.2) is 21.2 Å². The van der Waals surface area contributed by atoms with E-state index in [0.717, 1.165) is 11.0 Å². The summed E-state index contributed by atoms with van der Waals surface area (Å²) in [5, 5.41) is 13.8. The fraction of sp³-hybridized carbons (Fsp3) is 0.267. The first-order chi connectivity index (χ1) is 10.1. The lowest BCUT2D eigenvalue weighted by molar-refractivity contribution is -0.141. The summed E-state index contributed by atoms with van der Waals surface area (Å²) in [4.78, 5) is 15.2. The van der Waals surface area contributed by atoms with E-state index in [1.165, 1.54) is 0 Å². The molecule has 0 saturated heterocycles. The molecule has 0 fully saturated rings. The number of aromatic nitrogens is 2. The number of hydrogen-bond acceptors (Lipinski definition) is 5. The van der Waals surface area contributed by atoms with E-state index in [-0.39, 0.29) is 5.92 Å². The second kappa shape index (κ2) is 5.05. The number of fused-ring (bicyclic) bond motifs is 1. The van der Waals surface area contributed by atoms with Crippen LogP contribution in [0, 0.1) is 5.92 Å². The number of benzene rings is 1. The van der Waals surface area contributed by atoms with Gasteiger partial charge in [0.25, 0.3) is 0 Å². The number of nitrogens with zero attached hydrogens (tertiary/aromatic N) is 2. The molecule has 1 aromatic carbocycles. The van der Waals surface area contributed by atoms with Crippen molar-refractivity contribution in [1.82, 2.24) is 10.1 Å². The van der Waals surface area contributed by atoms with Gasteiger partial charge in [0.05, 0.1) is 5.92 Å². The van der Waals surface area contributed by atoms with Crippen molar-refractivity contribution in [1.29, 1.82) is 0 Å². The lowest BCUT2D eigenvalue weighted by Gasteiger charge is -2.10. The van der Waals surface area contributed by atoms with Crippen LogP contribution in [0.1, 0.15) is 25.7 Å². The van der Waals surface area contributed by atoms with Crippen LogP contribution in [-0.2, 0) is 4.79 Å². The van der Waals surface area contributed by atoms with Crippen molar-refractivity contribution in [2.75, 3.05) is 0 Å². The minimum absolute atomic E-state index is 0.292. The van der Waals surface area contributed by atoms with Gasteiger partial charge in [0.2, 0.25) is 11.7 Å². The van der Waals surface area contributed by atoms with E-state index in [9.17, 15) is 4.79 Å². The van der Waals surface area contributed by atoms with Gasteiger partial charge in [-0.3, -0.25) is 4.79 Å². The molecule has 0 aliphatic rings. The van der Waals surface area contributed by atoms with E-state index >= 15 is 0 Å². The van der Waals surface area contributed by atoms with Crippen molar-refractivity contribution in [3.8, 4) is 11.6 Å². The monoisotopic (exact) mass is 286 g/mol. The molecule has 2 unspecified atom stereocenters. The Balaban J connectivity index is 1.92. The fourth-order valence-electron chi connectivity index (χ4n) is 2.04. The van der Waals surface area contributed by atoms with Crippen LogP contribution in [0.25, 0.3) is 22.6 Å². The lowest BCUT2D eigenvalue weighted by atomic mass is 9.96. The predicted molar refractivity (Wildman–Crippen MR) is 74.7 cm³/mol. The van der Waals surface area contributed by atoms with Crippen LogP contribution < -0.4 is 0 Å². The maximum Gasteiger partial charge on any atom is 0.307 e. The first-order valence-corrected chi connectivity index (χ1v) is 6.61. The Hall–Kier alpha value is -2.63. The van der Waals surface area contributed by atoms with Crippen LogP contribution >= 0.6 is 0 Å². The van der Waals surface area contributed by atoms with Crippen molar-refractivity contribution < 1.29 is 18.8 Å². The molecule has 21 heavy (non-hydrogen) atoms. The molecule has 0 spiro atoms. The molecule has 0 saturated carbocycles. The van der Waals surface area contributed by atoms with Gasteiger partial charge in [-0.15, -0.1) is 0 Å². The van der Waals surface area contributed by atoms with Crippen molar-refractivity contribution in [2.45, 2.75) is 19.8 Å². The summed E-state index contributed by atoms with van der Waals surface area (Å²) in [6, 6.07) is 9.41. The Morgan fingerprint density at radius 2 is 2.05 bits per heavy atom. The zero-order chi connectivity index (χ0) is 15.0. The number of carboxylic acids is 1. The standard InChI is InChI=1S/C15H14N2O4/c1-8(9(2)15(18)19)14-16-13(17-21-14)12-7-10-5-3-4-6-11(10)20-12/h3-9H,1-2H3,(H,18,19). The molecular formula is C15H14N2O4. The van der Waals surface area contributed by atoms with Gasteiger partial charge in [-0.1, -0.05) is 37.2 Å². The topological polar surface area (TPSA) is 89.4 Å². The maximum atomic E-state index is 11.0. The predicted octanol–water partition coefficient (Wildman–Crippen LogP) is 3.31. The summed E-state index contributed by atoms with van der Waals surface area (Å²) < 4.78 is 10.8. The molecule has 0 amide bonds. The van der Waals surface area contributed by atoms with E-state index in [0.29, 0.717) is 17.5 Å². The van der Waals surface area contributed by atoms with E-state index in [1.807, 2.05) is 30.3 Å². The van der Waals surface area contributed by atoms with Crippen molar-refractivity contribution >= 4 is 16.9 Å². The Kier molecular flexibility index (Phi) is 3.21. The van der Waals surface area contributed by atoms with Gasteiger partial charge in [0.15, 0.2) is 5.76 Å². The highest BCUT2D eigenvalue weighted by atomic mass is 16.5. The minimum atomic E-state index is -0.897. The third-order valence-electron chi connectivity index (χ3n) is 3.62. The van der Waals surface area contributed by atoms with E-state index < -0.39 is 11.9 Å². The largest absolute Gasteiger partial charge is 0.481 e. The normalized spacial score (nSPS) is 14.2. The molecule has 3 aromatic rings. The summed E-state index contributed by atoms with van der Waals surface area (Å²) in [7, 11) is 0. The van der Waals surface area contributed by atoms with Crippen molar-refractivity contribution in [3.63, 3.8) is 0 Å². The molecule has 1 N–H and O–H groups in total. The second-order valence-corrected chi connectivity index (χ2v) is 5.02. The number of rotatable bonds is 4. The van der Waals surface area contributed by atoms with E-state index in [2.05, 4.69) is 10.1 Å². The van der Waals surface area contributed by atoms with Gasteiger partial charge in [0.1, 0.15) is 5.58 Å². The SMILES string of the molecule is CC(C(=O)O)C(C)c1nc(-c2cc3ccccc3o2)no1. The number of para-hydroxylation sites is 1. The molecule has 0 bridgehead atoms. The summed E-state index contributed by atoms with van der Waals surface area (Å²) in [5.41, 5.74) is 0.741. The number of carboxylic acid groups (broad SMARTS) is 1. The molecule has 0 radical (unpaired) electrons. The first kappa shape index (κ1) is 13.4. The molecule has 0 aliphatic carbocycles. The van der Waals surface area contributed by atoms with Crippen LogP contribution in [0.5, 0.6) is 0 Å². The molecule has 2 heterocycles. The quantitative estimate of drug-likeness (QED) is 0.791. The third kappa shape index (κ3) is 2.40. The zero-order valence-electron chi connectivity index (χ0n) is 11.6. The van der Waals surface area contributed by atoms with Crippen LogP contribution in [0.4, 0.5) is 0 Å². The maximum absolute atomic E-state index is 11.0. The summed E-state index contributed by atoms with van der Waals surface area (Å²) in [6.07, 6.45) is 0. The molecule has 2 aromatic heterocycles. The smallest absolute Gasteiger partial charge is 0.307 e. The van der Waals surface area contributed by atoms with E-state index in [1.54, 1.807) is 13.8 Å². The zero-order valence-corrected chi connectivity index (χ0v) is 11.6. The van der Waals surface area contributed by atoms with Crippen LogP contribution in [0.15, 0.2) is 39.3 Å². The Morgan fingerprint density at radius 3 is 2.76 bits per heavy atom. The number of furan rings is 1. The minimum Gasteiger partial charge on any atom is -0.481 e. The molecule has 3 rings (SSSR count). The van der Waals surface area contributed by atoms with Gasteiger partial charge in [-0.2, -0.15) is 4.98 Å². The molecule has 2 atom stereocenters. The summed E-state index contributed by atoms with van der Waals surface area (Å²) in [5.74, 6) is -0.750. The Labute approximate surface area is 120 Å². The van der Waals surface area contributed by atoms with Gasteiger partial charge >= 0.3 is 5.97 Å². The average Bonchev–Trinajstić information content (AvgIpc) is 3.11. The van der Waals surface area contributed by atoms with Gasteiger partial charge in [-0.05, 0) is 12.1 Å². The summed E-state index contributed by atoms with van der Waals surface area (Å²) in [6.45, 7) is 3.35. The highest BCUT2D eigenvalue weighted by Gasteiger charge is 2.26. The fourth-order valence-corrected chi connectivity index (χ4v) is 2.04.